The van der Waals surface area contributed by atoms with Crippen LogP contribution in [0.25, 0.3) is 0 Å². The van der Waals surface area contributed by atoms with Crippen molar-refractivity contribution < 1.29 is 19.0 Å². The zero-order chi connectivity index (χ0) is 17.6. The van der Waals surface area contributed by atoms with Gasteiger partial charge < -0.3 is 19.5 Å². The molecule has 0 saturated carbocycles. The van der Waals surface area contributed by atoms with E-state index in [-0.39, 0.29) is 12.5 Å². The third-order valence-electron chi connectivity index (χ3n) is 3.51. The number of hydrogen-bond donors (Lipinski definition) is 1. The van der Waals surface area contributed by atoms with E-state index < -0.39 is 0 Å². The van der Waals surface area contributed by atoms with E-state index in [2.05, 4.69) is 21.2 Å². The molecule has 128 valence electrons. The molecule has 0 fully saturated rings. The number of ether oxygens (including phenoxy) is 3. The molecule has 0 radical (unpaired) electrons. The fourth-order valence-corrected chi connectivity index (χ4v) is 2.94. The average Bonchev–Trinajstić information content (AvgIpc) is 2.64. The Kier molecular flexibility index (Phi) is 5.41. The molecule has 0 bridgehead atoms. The Bertz CT molecular complexity index is 832. The van der Waals surface area contributed by atoms with Gasteiger partial charge in [-0.15, -0.1) is 0 Å². The molecule has 0 atom stereocenters. The molecular formula is C18H15BrN2O4. The molecular weight excluding hydrogens is 388 g/mol. The van der Waals surface area contributed by atoms with Gasteiger partial charge in [0.25, 0.3) is 5.91 Å². The maximum Gasteiger partial charge on any atom is 0.251 e. The summed E-state index contributed by atoms with van der Waals surface area (Å²) in [5, 5.41) is 11.4. The minimum Gasteiger partial charge on any atom is -0.486 e. The maximum atomic E-state index is 12.4. The van der Waals surface area contributed by atoms with E-state index in [0.29, 0.717) is 47.0 Å². The van der Waals surface area contributed by atoms with Crippen LogP contribution >= 0.6 is 15.9 Å². The minimum atomic E-state index is -0.221. The molecule has 1 aliphatic rings. The van der Waals surface area contributed by atoms with Crippen LogP contribution in [0.5, 0.6) is 17.2 Å². The number of carbonyl (C=O) groups is 1. The maximum absolute atomic E-state index is 12.4. The molecule has 0 spiro atoms. The lowest BCUT2D eigenvalue weighted by molar-refractivity contribution is 0.0949. The number of nitriles is 1. The first kappa shape index (κ1) is 17.1. The van der Waals surface area contributed by atoms with E-state index in [0.717, 1.165) is 5.56 Å². The van der Waals surface area contributed by atoms with E-state index in [9.17, 15) is 4.79 Å². The van der Waals surface area contributed by atoms with Crippen molar-refractivity contribution in [1.29, 1.82) is 5.26 Å². The lowest BCUT2D eigenvalue weighted by Gasteiger charge is -2.20. The van der Waals surface area contributed by atoms with Crippen molar-refractivity contribution in [1.82, 2.24) is 5.32 Å². The van der Waals surface area contributed by atoms with Gasteiger partial charge in [-0.05, 0) is 45.8 Å². The molecule has 1 amide bonds. The topological polar surface area (TPSA) is 80.6 Å². The van der Waals surface area contributed by atoms with Crippen LogP contribution in [-0.2, 0) is 6.54 Å². The number of halogens is 1. The Morgan fingerprint density at radius 1 is 1.28 bits per heavy atom. The van der Waals surface area contributed by atoms with Gasteiger partial charge in [0, 0.05) is 12.1 Å². The molecule has 0 saturated heterocycles. The lowest BCUT2D eigenvalue weighted by Crippen LogP contribution is -2.23. The molecule has 6 nitrogen and oxygen atoms in total. The Labute approximate surface area is 153 Å². The van der Waals surface area contributed by atoms with Crippen molar-refractivity contribution >= 4 is 21.8 Å². The highest BCUT2D eigenvalue weighted by Crippen LogP contribution is 2.38. The van der Waals surface area contributed by atoms with Crippen molar-refractivity contribution in [2.75, 3.05) is 19.8 Å². The van der Waals surface area contributed by atoms with E-state index in [4.69, 9.17) is 19.5 Å². The zero-order valence-corrected chi connectivity index (χ0v) is 14.8. The first-order valence-electron chi connectivity index (χ1n) is 7.63. The average molecular weight is 403 g/mol. The van der Waals surface area contributed by atoms with Gasteiger partial charge in [0.05, 0.1) is 4.47 Å². The number of benzene rings is 2. The summed E-state index contributed by atoms with van der Waals surface area (Å²) < 4.78 is 17.0. The van der Waals surface area contributed by atoms with Gasteiger partial charge in [-0.2, -0.15) is 5.26 Å². The minimum absolute atomic E-state index is 0.0129. The number of hydrogen-bond acceptors (Lipinski definition) is 5. The summed E-state index contributed by atoms with van der Waals surface area (Å²) in [6.45, 7) is 1.27. The van der Waals surface area contributed by atoms with E-state index in [1.54, 1.807) is 24.3 Å². The molecule has 1 aliphatic heterocycles. The molecule has 25 heavy (non-hydrogen) atoms. The van der Waals surface area contributed by atoms with Crippen LogP contribution in [0.2, 0.25) is 0 Å². The molecule has 1 N–H and O–H groups in total. The van der Waals surface area contributed by atoms with Gasteiger partial charge in [0.15, 0.2) is 18.1 Å². The van der Waals surface area contributed by atoms with Crippen LogP contribution < -0.4 is 19.5 Å². The second kappa shape index (κ2) is 7.90. The molecule has 2 aromatic rings. The number of rotatable bonds is 5. The van der Waals surface area contributed by atoms with Gasteiger partial charge in [0.1, 0.15) is 25.0 Å². The van der Waals surface area contributed by atoms with Gasteiger partial charge >= 0.3 is 0 Å². The number of carbonyl (C=O) groups excluding carboxylic acids is 1. The fraction of sp³-hybridized carbons (Fsp3) is 0.222. The third-order valence-corrected chi connectivity index (χ3v) is 4.10. The summed E-state index contributed by atoms with van der Waals surface area (Å²) >= 11 is 3.40. The monoisotopic (exact) mass is 402 g/mol. The Morgan fingerprint density at radius 2 is 2.12 bits per heavy atom. The molecule has 0 aromatic heterocycles. The van der Waals surface area contributed by atoms with Crippen LogP contribution in [0, 0.1) is 11.3 Å². The van der Waals surface area contributed by atoms with Gasteiger partial charge in [-0.25, -0.2) is 0 Å². The highest BCUT2D eigenvalue weighted by atomic mass is 79.9. The van der Waals surface area contributed by atoms with Crippen LogP contribution in [0.3, 0.4) is 0 Å². The predicted octanol–water partition coefficient (Wildman–Crippen LogP) is 3.05. The zero-order valence-electron chi connectivity index (χ0n) is 13.3. The summed E-state index contributed by atoms with van der Waals surface area (Å²) in [5.74, 6) is 1.54. The summed E-state index contributed by atoms with van der Waals surface area (Å²) in [6.07, 6.45) is 0. The quantitative estimate of drug-likeness (QED) is 0.830. The van der Waals surface area contributed by atoms with Crippen LogP contribution in [-0.4, -0.2) is 25.7 Å². The van der Waals surface area contributed by atoms with Crippen LogP contribution in [0.1, 0.15) is 15.9 Å². The lowest BCUT2D eigenvalue weighted by atomic mass is 10.1. The Hall–Kier alpha value is -2.72. The second-order valence-corrected chi connectivity index (χ2v) is 6.11. The van der Waals surface area contributed by atoms with Gasteiger partial charge in [0.2, 0.25) is 0 Å². The predicted molar refractivity (Wildman–Crippen MR) is 93.9 cm³/mol. The highest BCUT2D eigenvalue weighted by Gasteiger charge is 2.18. The van der Waals surface area contributed by atoms with Crippen molar-refractivity contribution in [2.24, 2.45) is 0 Å². The van der Waals surface area contributed by atoms with Crippen LogP contribution in [0.15, 0.2) is 40.9 Å². The fourth-order valence-electron chi connectivity index (χ4n) is 2.39. The van der Waals surface area contributed by atoms with Crippen molar-refractivity contribution in [3.63, 3.8) is 0 Å². The normalized spacial score (nSPS) is 12.2. The molecule has 0 aliphatic carbocycles. The van der Waals surface area contributed by atoms with E-state index in [1.165, 1.54) is 0 Å². The number of nitrogens with one attached hydrogen (secondary N) is 1. The van der Waals surface area contributed by atoms with Crippen molar-refractivity contribution in [3.8, 4) is 23.3 Å². The summed E-state index contributed by atoms with van der Waals surface area (Å²) in [4.78, 5) is 12.4. The second-order valence-electron chi connectivity index (χ2n) is 5.26. The third kappa shape index (κ3) is 4.22. The van der Waals surface area contributed by atoms with Gasteiger partial charge in [-0.3, -0.25) is 4.79 Å². The number of amides is 1. The first-order valence-corrected chi connectivity index (χ1v) is 8.42. The Morgan fingerprint density at radius 3 is 2.96 bits per heavy atom. The summed E-state index contributed by atoms with van der Waals surface area (Å²) in [7, 11) is 0. The van der Waals surface area contributed by atoms with E-state index >= 15 is 0 Å². The van der Waals surface area contributed by atoms with Crippen LogP contribution in [0.4, 0.5) is 0 Å². The first-order chi connectivity index (χ1) is 12.2. The summed E-state index contributed by atoms with van der Waals surface area (Å²) in [6, 6.07) is 12.5. The summed E-state index contributed by atoms with van der Waals surface area (Å²) in [5.41, 5.74) is 1.36. The standard InChI is InChI=1S/C18H15BrN2O4/c19-15-9-13(10-16-17(15)25-7-6-24-16)18(22)21-11-12-2-1-3-14(8-12)23-5-4-20/h1-3,8-10H,5-7,11H2,(H,21,22). The molecule has 0 unspecified atom stereocenters. The number of fused-ring (bicyclic) bond motifs is 1. The number of nitrogens with zero attached hydrogens (tertiary/aromatic N) is 1. The van der Waals surface area contributed by atoms with Crippen molar-refractivity contribution in [2.45, 2.75) is 6.54 Å². The van der Waals surface area contributed by atoms with Gasteiger partial charge in [-0.1, -0.05) is 12.1 Å². The smallest absolute Gasteiger partial charge is 0.251 e. The molecule has 2 aromatic carbocycles. The highest BCUT2D eigenvalue weighted by molar-refractivity contribution is 9.10. The molecule has 1 heterocycles. The SMILES string of the molecule is N#CCOc1cccc(CNC(=O)c2cc(Br)c3c(c2)OCCO3)c1. The van der Waals surface area contributed by atoms with E-state index in [1.807, 2.05) is 18.2 Å². The largest absolute Gasteiger partial charge is 0.486 e. The van der Waals surface area contributed by atoms with Crippen molar-refractivity contribution in [3.05, 3.63) is 52.0 Å². The molecule has 3 rings (SSSR count). The Balaban J connectivity index is 1.67. The molecule has 7 heteroatoms.